The highest BCUT2D eigenvalue weighted by molar-refractivity contribution is 5.74. The van der Waals surface area contributed by atoms with Crippen molar-refractivity contribution in [2.75, 3.05) is 6.54 Å². The summed E-state index contributed by atoms with van der Waals surface area (Å²) < 4.78 is 0. The van der Waals surface area contributed by atoms with Crippen molar-refractivity contribution < 1.29 is 15.0 Å². The van der Waals surface area contributed by atoms with Crippen molar-refractivity contribution in [2.24, 2.45) is 0 Å². The molecule has 0 aliphatic carbocycles. The van der Waals surface area contributed by atoms with E-state index in [4.69, 9.17) is 5.11 Å². The molecule has 0 amide bonds. The molecule has 0 bridgehead atoms. The minimum Gasteiger partial charge on any atom is -0.480 e. The first-order chi connectivity index (χ1) is 5.52. The maximum Gasteiger partial charge on any atom is 0.321 e. The molecule has 1 unspecified atom stereocenters. The van der Waals surface area contributed by atoms with Gasteiger partial charge in [0.25, 0.3) is 0 Å². The number of hydrogen-bond acceptors (Lipinski definition) is 3. The highest BCUT2D eigenvalue weighted by Crippen LogP contribution is 2.20. The number of likely N-dealkylation sites (tertiary alicyclic amines) is 1. The van der Waals surface area contributed by atoms with Crippen LogP contribution in [0.3, 0.4) is 0 Å². The maximum absolute atomic E-state index is 10.7. The van der Waals surface area contributed by atoms with E-state index in [0.717, 1.165) is 0 Å². The Morgan fingerprint density at radius 2 is 2.17 bits per heavy atom. The van der Waals surface area contributed by atoms with Crippen LogP contribution in [-0.2, 0) is 4.79 Å². The first-order valence-corrected chi connectivity index (χ1v) is 4.19. The van der Waals surface area contributed by atoms with Gasteiger partial charge in [0.15, 0.2) is 0 Å². The Morgan fingerprint density at radius 3 is 2.50 bits per heavy atom. The normalized spacial score (nSPS) is 31.3. The van der Waals surface area contributed by atoms with Crippen LogP contribution >= 0.6 is 0 Å². The van der Waals surface area contributed by atoms with Gasteiger partial charge in [0, 0.05) is 19.0 Å². The Morgan fingerprint density at radius 1 is 1.58 bits per heavy atom. The summed E-state index contributed by atoms with van der Waals surface area (Å²) in [6.45, 7) is 4.36. The summed E-state index contributed by atoms with van der Waals surface area (Å²) in [5.41, 5.74) is 0. The molecular weight excluding hydrogens is 158 g/mol. The lowest BCUT2D eigenvalue weighted by Gasteiger charge is -2.24. The van der Waals surface area contributed by atoms with Crippen molar-refractivity contribution >= 4 is 5.97 Å². The topological polar surface area (TPSA) is 60.8 Å². The van der Waals surface area contributed by atoms with Gasteiger partial charge in [0.2, 0.25) is 0 Å². The monoisotopic (exact) mass is 173 g/mol. The molecular formula is C8H15NO3. The predicted molar refractivity (Wildman–Crippen MR) is 43.9 cm³/mol. The van der Waals surface area contributed by atoms with Crippen LogP contribution in [0.5, 0.6) is 0 Å². The SMILES string of the molecule is CC(C)N1C[C@@H](O)CC1C(=O)O. The zero-order valence-electron chi connectivity index (χ0n) is 7.40. The Labute approximate surface area is 71.8 Å². The van der Waals surface area contributed by atoms with Crippen molar-refractivity contribution in [1.82, 2.24) is 4.90 Å². The number of aliphatic carboxylic acids is 1. The minimum absolute atomic E-state index is 0.184. The second-order valence-electron chi connectivity index (χ2n) is 3.53. The Bertz CT molecular complexity index is 181. The van der Waals surface area contributed by atoms with E-state index in [9.17, 15) is 9.90 Å². The van der Waals surface area contributed by atoms with E-state index >= 15 is 0 Å². The zero-order chi connectivity index (χ0) is 9.30. The molecule has 1 aliphatic rings. The lowest BCUT2D eigenvalue weighted by Crippen LogP contribution is -2.40. The summed E-state index contributed by atoms with van der Waals surface area (Å²) in [6.07, 6.45) is -0.124. The summed E-state index contributed by atoms with van der Waals surface area (Å²) in [7, 11) is 0. The average Bonchev–Trinajstić information content (AvgIpc) is 2.31. The Balaban J connectivity index is 2.65. The minimum atomic E-state index is -0.833. The number of β-amino-alcohol motifs (C(OH)–C–C–N with tert-alkyl or cyclic N) is 1. The second kappa shape index (κ2) is 3.41. The molecule has 2 N–H and O–H groups in total. The molecule has 0 saturated carbocycles. The van der Waals surface area contributed by atoms with Crippen LogP contribution in [0.25, 0.3) is 0 Å². The van der Waals surface area contributed by atoms with E-state index in [2.05, 4.69) is 0 Å². The smallest absolute Gasteiger partial charge is 0.321 e. The standard InChI is InChI=1S/C8H15NO3/c1-5(2)9-4-6(10)3-7(9)8(11)12/h5-7,10H,3-4H2,1-2H3,(H,11,12)/t6-,7?/m0/s1. The highest BCUT2D eigenvalue weighted by Gasteiger charge is 2.36. The summed E-state index contributed by atoms with van der Waals surface area (Å²) >= 11 is 0. The fourth-order valence-electron chi connectivity index (χ4n) is 1.65. The van der Waals surface area contributed by atoms with Crippen molar-refractivity contribution in [1.29, 1.82) is 0 Å². The third-order valence-corrected chi connectivity index (χ3v) is 2.27. The molecule has 70 valence electrons. The van der Waals surface area contributed by atoms with Crippen LogP contribution in [0.4, 0.5) is 0 Å². The number of carboxylic acids is 1. The molecule has 1 saturated heterocycles. The first kappa shape index (κ1) is 9.48. The van der Waals surface area contributed by atoms with Crippen molar-refractivity contribution in [2.45, 2.75) is 38.5 Å². The van der Waals surface area contributed by atoms with Gasteiger partial charge in [-0.3, -0.25) is 9.69 Å². The van der Waals surface area contributed by atoms with Gasteiger partial charge in [-0.25, -0.2) is 0 Å². The lowest BCUT2D eigenvalue weighted by atomic mass is 10.2. The van der Waals surface area contributed by atoms with Crippen molar-refractivity contribution in [3.63, 3.8) is 0 Å². The van der Waals surface area contributed by atoms with E-state index in [1.807, 2.05) is 18.7 Å². The largest absolute Gasteiger partial charge is 0.480 e. The third kappa shape index (κ3) is 1.76. The van der Waals surface area contributed by atoms with Crippen LogP contribution in [0.2, 0.25) is 0 Å². The molecule has 0 aromatic carbocycles. The molecule has 1 rings (SSSR count). The summed E-state index contributed by atoms with van der Waals surface area (Å²) in [4.78, 5) is 12.5. The van der Waals surface area contributed by atoms with Crippen molar-refractivity contribution in [3.8, 4) is 0 Å². The van der Waals surface area contributed by atoms with E-state index in [1.54, 1.807) is 0 Å². The number of aliphatic hydroxyl groups is 1. The molecule has 1 fully saturated rings. The molecule has 0 radical (unpaired) electrons. The van der Waals surface area contributed by atoms with Gasteiger partial charge in [-0.05, 0) is 13.8 Å². The molecule has 1 heterocycles. The fraction of sp³-hybridized carbons (Fsp3) is 0.875. The van der Waals surface area contributed by atoms with Crippen LogP contribution in [-0.4, -0.2) is 45.8 Å². The van der Waals surface area contributed by atoms with Crippen LogP contribution in [0.15, 0.2) is 0 Å². The number of rotatable bonds is 2. The molecule has 4 heteroatoms. The molecule has 4 nitrogen and oxygen atoms in total. The van der Waals surface area contributed by atoms with Crippen LogP contribution in [0.1, 0.15) is 20.3 Å². The average molecular weight is 173 g/mol. The third-order valence-electron chi connectivity index (χ3n) is 2.27. The quantitative estimate of drug-likeness (QED) is 0.613. The second-order valence-corrected chi connectivity index (χ2v) is 3.53. The molecule has 1 aliphatic heterocycles. The van der Waals surface area contributed by atoms with E-state index in [0.29, 0.717) is 13.0 Å². The summed E-state index contributed by atoms with van der Waals surface area (Å²) in [5, 5.41) is 18.1. The Hall–Kier alpha value is -0.610. The van der Waals surface area contributed by atoms with Crippen LogP contribution in [0, 0.1) is 0 Å². The van der Waals surface area contributed by atoms with Crippen LogP contribution < -0.4 is 0 Å². The van der Waals surface area contributed by atoms with Gasteiger partial charge < -0.3 is 10.2 Å². The van der Waals surface area contributed by atoms with E-state index in [-0.39, 0.29) is 6.04 Å². The summed E-state index contributed by atoms with van der Waals surface area (Å²) in [5.74, 6) is -0.833. The molecule has 0 aromatic heterocycles. The van der Waals surface area contributed by atoms with E-state index in [1.165, 1.54) is 0 Å². The fourth-order valence-corrected chi connectivity index (χ4v) is 1.65. The summed E-state index contributed by atoms with van der Waals surface area (Å²) in [6, 6.07) is -0.316. The van der Waals surface area contributed by atoms with Gasteiger partial charge in [0.1, 0.15) is 6.04 Å². The van der Waals surface area contributed by atoms with Gasteiger partial charge in [-0.15, -0.1) is 0 Å². The lowest BCUT2D eigenvalue weighted by molar-refractivity contribution is -0.142. The zero-order valence-corrected chi connectivity index (χ0v) is 7.40. The Kier molecular flexibility index (Phi) is 2.69. The van der Waals surface area contributed by atoms with Crippen molar-refractivity contribution in [3.05, 3.63) is 0 Å². The molecule has 0 spiro atoms. The highest BCUT2D eigenvalue weighted by atomic mass is 16.4. The van der Waals surface area contributed by atoms with Gasteiger partial charge in [0.05, 0.1) is 6.10 Å². The maximum atomic E-state index is 10.7. The number of nitrogens with zero attached hydrogens (tertiary/aromatic N) is 1. The predicted octanol–water partition coefficient (Wildman–Crippen LogP) is -0.0854. The number of hydrogen-bond donors (Lipinski definition) is 2. The molecule has 0 aromatic rings. The number of carboxylic acid groups (broad SMARTS) is 1. The number of aliphatic hydroxyl groups excluding tert-OH is 1. The molecule has 12 heavy (non-hydrogen) atoms. The van der Waals surface area contributed by atoms with E-state index < -0.39 is 18.1 Å². The van der Waals surface area contributed by atoms with Gasteiger partial charge >= 0.3 is 5.97 Å². The van der Waals surface area contributed by atoms with Gasteiger partial charge in [-0.1, -0.05) is 0 Å². The van der Waals surface area contributed by atoms with Gasteiger partial charge in [-0.2, -0.15) is 0 Å². The number of carbonyl (C=O) groups is 1. The first-order valence-electron chi connectivity index (χ1n) is 4.19. The molecule has 2 atom stereocenters.